The van der Waals surface area contributed by atoms with Gasteiger partial charge in [0.05, 0.1) is 0 Å². The second-order valence-electron chi connectivity index (χ2n) is 5.39. The van der Waals surface area contributed by atoms with Crippen molar-refractivity contribution in [3.8, 4) is 11.4 Å². The molecule has 1 aliphatic rings. The lowest BCUT2D eigenvalue weighted by Gasteiger charge is -2.24. The van der Waals surface area contributed by atoms with Crippen molar-refractivity contribution in [1.82, 2.24) is 25.5 Å². The zero-order valence-corrected chi connectivity index (χ0v) is 14.0. The van der Waals surface area contributed by atoms with Gasteiger partial charge in [-0.1, -0.05) is 11.6 Å². The number of aliphatic carboxylic acids is 1. The number of tetrazole rings is 1. The molecule has 1 amide bonds. The first-order valence-electron chi connectivity index (χ1n) is 7.14. The van der Waals surface area contributed by atoms with Gasteiger partial charge in [-0.25, -0.2) is 4.79 Å². The molecule has 0 spiro atoms. The van der Waals surface area contributed by atoms with Gasteiger partial charge in [0, 0.05) is 16.3 Å². The van der Waals surface area contributed by atoms with Gasteiger partial charge in [-0.15, -0.1) is 10.2 Å². The molecular weight excluding hydrogens is 354 g/mol. The van der Waals surface area contributed by atoms with Crippen LogP contribution in [-0.4, -0.2) is 54.2 Å². The number of benzene rings is 1. The number of halogens is 1. The summed E-state index contributed by atoms with van der Waals surface area (Å²) in [6.45, 7) is -0.194. The molecule has 2 heterocycles. The third-order valence-corrected chi connectivity index (χ3v) is 5.09. The summed E-state index contributed by atoms with van der Waals surface area (Å²) in [7, 11) is 0. The first kappa shape index (κ1) is 16.7. The van der Waals surface area contributed by atoms with E-state index >= 15 is 0 Å². The highest BCUT2D eigenvalue weighted by atomic mass is 35.5. The molecule has 3 rings (SSSR count). The summed E-state index contributed by atoms with van der Waals surface area (Å²) in [6, 6.07) is 6.91. The first-order chi connectivity index (χ1) is 11.5. The monoisotopic (exact) mass is 367 g/mol. The molecule has 0 radical (unpaired) electrons. The van der Waals surface area contributed by atoms with Crippen LogP contribution in [-0.2, 0) is 16.1 Å². The van der Waals surface area contributed by atoms with E-state index in [1.54, 1.807) is 24.3 Å². The molecular formula is C14H14ClN5O3S. The zero-order chi connectivity index (χ0) is 17.2. The van der Waals surface area contributed by atoms with Crippen LogP contribution in [0.25, 0.3) is 11.4 Å². The van der Waals surface area contributed by atoms with Gasteiger partial charge in [0.15, 0.2) is 0 Å². The maximum absolute atomic E-state index is 12.1. The summed E-state index contributed by atoms with van der Waals surface area (Å²) in [4.78, 5) is 24.7. The highest BCUT2D eigenvalue weighted by Gasteiger charge is 2.43. The van der Waals surface area contributed by atoms with Gasteiger partial charge in [0.1, 0.15) is 12.1 Å². The van der Waals surface area contributed by atoms with E-state index < -0.39 is 17.4 Å². The minimum Gasteiger partial charge on any atom is -0.479 e. The quantitative estimate of drug-likeness (QED) is 0.813. The molecule has 8 nitrogen and oxygen atoms in total. The Bertz CT molecular complexity index is 758. The van der Waals surface area contributed by atoms with E-state index in [0.29, 0.717) is 28.8 Å². The zero-order valence-electron chi connectivity index (χ0n) is 12.5. The van der Waals surface area contributed by atoms with Gasteiger partial charge in [-0.2, -0.15) is 16.6 Å². The molecule has 10 heteroatoms. The Balaban J connectivity index is 1.67. The minimum atomic E-state index is -1.21. The van der Waals surface area contributed by atoms with Crippen LogP contribution in [0.5, 0.6) is 0 Å². The average molecular weight is 368 g/mol. The number of carbonyl (C=O) groups is 2. The van der Waals surface area contributed by atoms with Gasteiger partial charge >= 0.3 is 5.97 Å². The third kappa shape index (κ3) is 3.51. The predicted octanol–water partition coefficient (Wildman–Crippen LogP) is 1.07. The number of nitrogens with zero attached hydrogens (tertiary/aromatic N) is 4. The van der Waals surface area contributed by atoms with Crippen LogP contribution >= 0.6 is 23.4 Å². The maximum Gasteiger partial charge on any atom is 0.330 e. The fourth-order valence-corrected chi connectivity index (χ4v) is 3.80. The number of rotatable bonds is 5. The lowest BCUT2D eigenvalue weighted by atomic mass is 9.99. The smallest absolute Gasteiger partial charge is 0.330 e. The number of thioether (sulfide) groups is 1. The maximum atomic E-state index is 12.1. The average Bonchev–Trinajstić information content (AvgIpc) is 3.18. The molecule has 1 aliphatic heterocycles. The lowest BCUT2D eigenvalue weighted by molar-refractivity contribution is -0.146. The SMILES string of the molecule is O=C(Cn1nnc(-c2ccc(Cl)cc2)n1)NC1(C(=O)O)CCSC1. The Kier molecular flexibility index (Phi) is 4.72. The van der Waals surface area contributed by atoms with Crippen LogP contribution in [0.2, 0.25) is 5.02 Å². The summed E-state index contributed by atoms with van der Waals surface area (Å²) in [5.74, 6) is -0.0536. The Morgan fingerprint density at radius 3 is 2.75 bits per heavy atom. The lowest BCUT2D eigenvalue weighted by Crippen LogP contribution is -2.55. The molecule has 2 aromatic rings. The van der Waals surface area contributed by atoms with E-state index in [2.05, 4.69) is 20.7 Å². The minimum absolute atomic E-state index is 0.194. The molecule has 24 heavy (non-hydrogen) atoms. The van der Waals surface area contributed by atoms with E-state index in [9.17, 15) is 14.7 Å². The van der Waals surface area contributed by atoms with Crippen LogP contribution in [0.3, 0.4) is 0 Å². The predicted molar refractivity (Wildman–Crippen MR) is 88.7 cm³/mol. The summed E-state index contributed by atoms with van der Waals surface area (Å²) in [5, 5.41) is 24.4. The second kappa shape index (κ2) is 6.78. The van der Waals surface area contributed by atoms with Crippen molar-refractivity contribution in [2.24, 2.45) is 0 Å². The number of hydrogen-bond donors (Lipinski definition) is 2. The Morgan fingerprint density at radius 1 is 1.38 bits per heavy atom. The number of nitrogens with one attached hydrogen (secondary N) is 1. The van der Waals surface area contributed by atoms with Crippen LogP contribution in [0, 0.1) is 0 Å². The van der Waals surface area contributed by atoms with Crippen LogP contribution in [0.1, 0.15) is 6.42 Å². The fraction of sp³-hybridized carbons (Fsp3) is 0.357. The molecule has 2 N–H and O–H groups in total. The third-order valence-electron chi connectivity index (χ3n) is 3.65. The molecule has 1 saturated heterocycles. The van der Waals surface area contributed by atoms with E-state index in [4.69, 9.17) is 11.6 Å². The summed E-state index contributed by atoms with van der Waals surface area (Å²) in [6.07, 6.45) is 0.402. The molecule has 0 aliphatic carbocycles. The van der Waals surface area contributed by atoms with Gasteiger partial charge in [-0.05, 0) is 41.7 Å². The summed E-state index contributed by atoms with van der Waals surface area (Å²) in [5.41, 5.74) is -0.485. The normalized spacial score (nSPS) is 20.0. The van der Waals surface area contributed by atoms with Gasteiger partial charge in [0.25, 0.3) is 0 Å². The molecule has 1 atom stereocenters. The molecule has 1 fully saturated rings. The Hall–Kier alpha value is -2.13. The first-order valence-corrected chi connectivity index (χ1v) is 8.68. The summed E-state index contributed by atoms with van der Waals surface area (Å²) < 4.78 is 0. The molecule has 0 saturated carbocycles. The number of carbonyl (C=O) groups excluding carboxylic acids is 1. The van der Waals surface area contributed by atoms with Gasteiger partial charge < -0.3 is 10.4 Å². The van der Waals surface area contributed by atoms with Crippen LogP contribution in [0.15, 0.2) is 24.3 Å². The number of carboxylic acids is 1. The molecule has 0 bridgehead atoms. The van der Waals surface area contributed by atoms with E-state index in [0.717, 1.165) is 10.4 Å². The van der Waals surface area contributed by atoms with Gasteiger partial charge in [0.2, 0.25) is 11.7 Å². The van der Waals surface area contributed by atoms with Crippen LogP contribution in [0.4, 0.5) is 0 Å². The van der Waals surface area contributed by atoms with Crippen molar-refractivity contribution in [2.45, 2.75) is 18.5 Å². The second-order valence-corrected chi connectivity index (χ2v) is 6.93. The van der Waals surface area contributed by atoms with E-state index in [-0.39, 0.29) is 6.54 Å². The Labute approximate surface area is 146 Å². The number of amides is 1. The number of hydrogen-bond acceptors (Lipinski definition) is 6. The van der Waals surface area contributed by atoms with E-state index in [1.807, 2.05) is 0 Å². The van der Waals surface area contributed by atoms with Crippen molar-refractivity contribution in [3.63, 3.8) is 0 Å². The largest absolute Gasteiger partial charge is 0.479 e. The van der Waals surface area contributed by atoms with Crippen molar-refractivity contribution in [2.75, 3.05) is 11.5 Å². The van der Waals surface area contributed by atoms with Crippen molar-refractivity contribution in [3.05, 3.63) is 29.3 Å². The molecule has 1 unspecified atom stereocenters. The van der Waals surface area contributed by atoms with Crippen molar-refractivity contribution < 1.29 is 14.7 Å². The van der Waals surface area contributed by atoms with E-state index in [1.165, 1.54) is 11.8 Å². The Morgan fingerprint density at radius 2 is 2.12 bits per heavy atom. The van der Waals surface area contributed by atoms with Crippen LogP contribution < -0.4 is 5.32 Å². The highest BCUT2D eigenvalue weighted by Crippen LogP contribution is 2.28. The summed E-state index contributed by atoms with van der Waals surface area (Å²) >= 11 is 7.33. The highest BCUT2D eigenvalue weighted by molar-refractivity contribution is 7.99. The van der Waals surface area contributed by atoms with Crippen molar-refractivity contribution >= 4 is 35.2 Å². The van der Waals surface area contributed by atoms with Crippen molar-refractivity contribution in [1.29, 1.82) is 0 Å². The standard InChI is InChI=1S/C14H14ClN5O3S/c15-10-3-1-9(2-4-10)12-17-19-20(18-12)7-11(21)16-14(13(22)23)5-6-24-8-14/h1-4H,5-8H2,(H,16,21)(H,22,23). The fourth-order valence-electron chi connectivity index (χ4n) is 2.35. The topological polar surface area (TPSA) is 110 Å². The molecule has 126 valence electrons. The number of aromatic nitrogens is 4. The molecule has 1 aromatic heterocycles. The molecule has 1 aromatic carbocycles. The number of carboxylic acid groups (broad SMARTS) is 1. The van der Waals surface area contributed by atoms with Gasteiger partial charge in [-0.3, -0.25) is 4.79 Å².